The summed E-state index contributed by atoms with van der Waals surface area (Å²) in [7, 11) is 0. The summed E-state index contributed by atoms with van der Waals surface area (Å²) in [6.45, 7) is 5.60. The molecule has 2 aromatic rings. The van der Waals surface area contributed by atoms with Crippen LogP contribution in [0.3, 0.4) is 0 Å². The molecule has 0 spiro atoms. The average molecular weight is 257 g/mol. The van der Waals surface area contributed by atoms with Crippen LogP contribution in [0.2, 0.25) is 0 Å². The molecular formula is C14H19N5. The number of rotatable bonds is 6. The van der Waals surface area contributed by atoms with Crippen LogP contribution in [0.15, 0.2) is 30.5 Å². The number of aryl methyl sites for hydroxylation is 1. The summed E-state index contributed by atoms with van der Waals surface area (Å²) < 4.78 is 0. The molecule has 0 amide bonds. The molecule has 0 aromatic carbocycles. The van der Waals surface area contributed by atoms with Gasteiger partial charge in [0.15, 0.2) is 0 Å². The van der Waals surface area contributed by atoms with E-state index in [-0.39, 0.29) is 0 Å². The van der Waals surface area contributed by atoms with E-state index in [0.717, 1.165) is 42.7 Å². The van der Waals surface area contributed by atoms with Gasteiger partial charge in [0.1, 0.15) is 17.5 Å². The molecule has 5 heteroatoms. The van der Waals surface area contributed by atoms with Gasteiger partial charge >= 0.3 is 0 Å². The smallest absolute Gasteiger partial charge is 0.131 e. The Labute approximate surface area is 113 Å². The zero-order valence-corrected chi connectivity index (χ0v) is 11.3. The van der Waals surface area contributed by atoms with Gasteiger partial charge in [0.2, 0.25) is 0 Å². The Morgan fingerprint density at radius 3 is 2.58 bits per heavy atom. The van der Waals surface area contributed by atoms with Gasteiger partial charge in [-0.05, 0) is 26.0 Å². The number of aromatic nitrogens is 3. The van der Waals surface area contributed by atoms with Crippen LogP contribution < -0.4 is 10.6 Å². The lowest BCUT2D eigenvalue weighted by Crippen LogP contribution is -2.09. The van der Waals surface area contributed by atoms with E-state index in [2.05, 4.69) is 25.6 Å². The van der Waals surface area contributed by atoms with E-state index >= 15 is 0 Å². The topological polar surface area (TPSA) is 62.7 Å². The van der Waals surface area contributed by atoms with Crippen molar-refractivity contribution in [3.63, 3.8) is 0 Å². The van der Waals surface area contributed by atoms with E-state index < -0.39 is 0 Å². The number of anilines is 2. The van der Waals surface area contributed by atoms with Crippen LogP contribution in [0.25, 0.3) is 0 Å². The molecule has 0 aliphatic rings. The Morgan fingerprint density at radius 2 is 1.89 bits per heavy atom. The first-order valence-corrected chi connectivity index (χ1v) is 6.51. The highest BCUT2D eigenvalue weighted by Crippen LogP contribution is 2.10. The first kappa shape index (κ1) is 13.3. The molecule has 0 atom stereocenters. The van der Waals surface area contributed by atoms with Crippen molar-refractivity contribution in [3.05, 3.63) is 42.0 Å². The van der Waals surface area contributed by atoms with Crippen molar-refractivity contribution in [2.45, 2.75) is 20.3 Å². The molecule has 2 N–H and O–H groups in total. The second-order valence-corrected chi connectivity index (χ2v) is 4.21. The molecule has 0 saturated heterocycles. The van der Waals surface area contributed by atoms with Gasteiger partial charge in [0, 0.05) is 37.5 Å². The van der Waals surface area contributed by atoms with E-state index in [9.17, 15) is 0 Å². The predicted molar refractivity (Wildman–Crippen MR) is 77.4 cm³/mol. The second kappa shape index (κ2) is 6.68. The lowest BCUT2D eigenvalue weighted by molar-refractivity contribution is 0.942. The Balaban J connectivity index is 1.92. The Kier molecular flexibility index (Phi) is 4.66. The quantitative estimate of drug-likeness (QED) is 0.831. The minimum absolute atomic E-state index is 0.763. The van der Waals surface area contributed by atoms with Gasteiger partial charge in [-0.3, -0.25) is 4.98 Å². The van der Waals surface area contributed by atoms with Crippen LogP contribution in [0.5, 0.6) is 0 Å². The number of hydrogen-bond acceptors (Lipinski definition) is 5. The number of pyridine rings is 1. The fraction of sp³-hybridized carbons (Fsp3) is 0.357. The van der Waals surface area contributed by atoms with Crippen molar-refractivity contribution in [1.82, 2.24) is 15.0 Å². The van der Waals surface area contributed by atoms with Crippen LogP contribution >= 0.6 is 0 Å². The third-order valence-corrected chi connectivity index (χ3v) is 2.61. The minimum atomic E-state index is 0.763. The Bertz CT molecular complexity index is 512. The number of hydrogen-bond donors (Lipinski definition) is 2. The Morgan fingerprint density at radius 1 is 1.11 bits per heavy atom. The van der Waals surface area contributed by atoms with Gasteiger partial charge in [-0.2, -0.15) is 0 Å². The molecule has 2 aromatic heterocycles. The summed E-state index contributed by atoms with van der Waals surface area (Å²) in [5.41, 5.74) is 1.08. The average Bonchev–Trinajstić information content (AvgIpc) is 2.40. The van der Waals surface area contributed by atoms with Crippen molar-refractivity contribution in [2.75, 3.05) is 23.7 Å². The summed E-state index contributed by atoms with van der Waals surface area (Å²) in [6.07, 6.45) is 2.69. The lowest BCUT2D eigenvalue weighted by Gasteiger charge is -2.09. The van der Waals surface area contributed by atoms with E-state index in [1.165, 1.54) is 0 Å². The van der Waals surface area contributed by atoms with Gasteiger partial charge in [-0.1, -0.05) is 6.07 Å². The van der Waals surface area contributed by atoms with E-state index in [0.29, 0.717) is 0 Å². The normalized spacial score (nSPS) is 10.2. The minimum Gasteiger partial charge on any atom is -0.370 e. The molecular weight excluding hydrogens is 238 g/mol. The van der Waals surface area contributed by atoms with E-state index in [4.69, 9.17) is 0 Å². The molecule has 2 heterocycles. The predicted octanol–water partition coefficient (Wildman–Crippen LogP) is 2.27. The zero-order chi connectivity index (χ0) is 13.5. The fourth-order valence-corrected chi connectivity index (χ4v) is 1.79. The van der Waals surface area contributed by atoms with Gasteiger partial charge in [-0.25, -0.2) is 9.97 Å². The van der Waals surface area contributed by atoms with Gasteiger partial charge in [0.05, 0.1) is 0 Å². The zero-order valence-electron chi connectivity index (χ0n) is 11.3. The van der Waals surface area contributed by atoms with Crippen LogP contribution in [-0.4, -0.2) is 28.0 Å². The highest BCUT2D eigenvalue weighted by Gasteiger charge is 2.01. The highest BCUT2D eigenvalue weighted by atomic mass is 15.1. The molecule has 0 saturated carbocycles. The van der Waals surface area contributed by atoms with Crippen molar-refractivity contribution < 1.29 is 0 Å². The second-order valence-electron chi connectivity index (χ2n) is 4.21. The third kappa shape index (κ3) is 4.21. The van der Waals surface area contributed by atoms with Crippen LogP contribution in [0.4, 0.5) is 11.6 Å². The molecule has 5 nitrogen and oxygen atoms in total. The van der Waals surface area contributed by atoms with Crippen LogP contribution in [0.1, 0.15) is 18.4 Å². The molecule has 2 rings (SSSR count). The lowest BCUT2D eigenvalue weighted by atomic mass is 10.3. The molecule has 0 unspecified atom stereocenters. The molecule has 19 heavy (non-hydrogen) atoms. The maximum atomic E-state index is 4.36. The van der Waals surface area contributed by atoms with Crippen LogP contribution in [0, 0.1) is 6.92 Å². The van der Waals surface area contributed by atoms with Gasteiger partial charge < -0.3 is 10.6 Å². The number of nitrogens with zero attached hydrogens (tertiary/aromatic N) is 3. The Hall–Kier alpha value is -2.17. The van der Waals surface area contributed by atoms with Crippen molar-refractivity contribution >= 4 is 11.6 Å². The summed E-state index contributed by atoms with van der Waals surface area (Å²) in [5.74, 6) is 2.47. The highest BCUT2D eigenvalue weighted by molar-refractivity contribution is 5.47. The monoisotopic (exact) mass is 257 g/mol. The van der Waals surface area contributed by atoms with Crippen molar-refractivity contribution in [1.29, 1.82) is 0 Å². The van der Waals surface area contributed by atoms with Gasteiger partial charge in [-0.15, -0.1) is 0 Å². The summed E-state index contributed by atoms with van der Waals surface area (Å²) in [5, 5.41) is 6.50. The fourth-order valence-electron chi connectivity index (χ4n) is 1.79. The first-order chi connectivity index (χ1) is 9.28. The third-order valence-electron chi connectivity index (χ3n) is 2.61. The molecule has 0 aliphatic carbocycles. The SMILES string of the molecule is CCNc1cc(NCCc2ccccn2)nc(C)n1. The van der Waals surface area contributed by atoms with Crippen molar-refractivity contribution in [3.8, 4) is 0 Å². The summed E-state index contributed by atoms with van der Waals surface area (Å²) >= 11 is 0. The van der Waals surface area contributed by atoms with Gasteiger partial charge in [0.25, 0.3) is 0 Å². The first-order valence-electron chi connectivity index (χ1n) is 6.51. The molecule has 0 radical (unpaired) electrons. The van der Waals surface area contributed by atoms with Crippen molar-refractivity contribution in [2.24, 2.45) is 0 Å². The molecule has 0 aliphatic heterocycles. The standard InChI is InChI=1S/C14H19N5/c1-3-15-13-10-14(19-11(2)18-13)17-9-7-12-6-4-5-8-16-12/h4-6,8,10H,3,7,9H2,1-2H3,(H2,15,17,18,19). The number of nitrogens with one attached hydrogen (secondary N) is 2. The van der Waals surface area contributed by atoms with E-state index in [1.54, 1.807) is 0 Å². The molecule has 100 valence electrons. The molecule has 0 bridgehead atoms. The van der Waals surface area contributed by atoms with Crippen LogP contribution in [-0.2, 0) is 6.42 Å². The molecule has 0 fully saturated rings. The summed E-state index contributed by atoms with van der Waals surface area (Å²) in [4.78, 5) is 13.0. The summed E-state index contributed by atoms with van der Waals surface area (Å²) in [6, 6.07) is 7.87. The van der Waals surface area contributed by atoms with E-state index in [1.807, 2.05) is 44.3 Å². The maximum Gasteiger partial charge on any atom is 0.131 e. The maximum absolute atomic E-state index is 4.36. The largest absolute Gasteiger partial charge is 0.370 e.